The SMILES string of the molecule is CC1CN(c2ccc(CNc3c(C#N)cnc4ccccc34)cn2)CCO1. The van der Waals surface area contributed by atoms with Gasteiger partial charge in [0.1, 0.15) is 11.9 Å². The minimum Gasteiger partial charge on any atom is -0.379 e. The third kappa shape index (κ3) is 3.69. The van der Waals surface area contributed by atoms with E-state index in [9.17, 15) is 5.26 Å². The predicted molar refractivity (Wildman–Crippen MR) is 106 cm³/mol. The molecule has 2 aromatic heterocycles. The first-order valence-corrected chi connectivity index (χ1v) is 9.08. The molecule has 6 nitrogen and oxygen atoms in total. The van der Waals surface area contributed by atoms with Crippen LogP contribution in [-0.2, 0) is 11.3 Å². The molecular formula is C21H21N5O. The molecule has 0 radical (unpaired) electrons. The van der Waals surface area contributed by atoms with E-state index in [-0.39, 0.29) is 6.10 Å². The molecule has 4 rings (SSSR count). The Bertz CT molecular complexity index is 980. The second kappa shape index (κ2) is 7.60. The van der Waals surface area contributed by atoms with Crippen LogP contribution in [0.5, 0.6) is 0 Å². The molecular weight excluding hydrogens is 338 g/mol. The Labute approximate surface area is 158 Å². The topological polar surface area (TPSA) is 74.1 Å². The van der Waals surface area contributed by atoms with Crippen molar-refractivity contribution in [2.45, 2.75) is 19.6 Å². The highest BCUT2D eigenvalue weighted by Gasteiger charge is 2.17. The van der Waals surface area contributed by atoms with E-state index in [4.69, 9.17) is 4.74 Å². The van der Waals surface area contributed by atoms with Crippen molar-refractivity contribution in [1.82, 2.24) is 9.97 Å². The van der Waals surface area contributed by atoms with Crippen molar-refractivity contribution in [1.29, 1.82) is 5.26 Å². The van der Waals surface area contributed by atoms with E-state index in [1.165, 1.54) is 0 Å². The number of benzene rings is 1. The van der Waals surface area contributed by atoms with Gasteiger partial charge in [0.2, 0.25) is 0 Å². The van der Waals surface area contributed by atoms with Crippen molar-refractivity contribution < 1.29 is 4.74 Å². The molecule has 0 amide bonds. The highest BCUT2D eigenvalue weighted by atomic mass is 16.5. The fraction of sp³-hybridized carbons (Fsp3) is 0.286. The molecule has 3 aromatic rings. The maximum atomic E-state index is 9.42. The number of hydrogen-bond donors (Lipinski definition) is 1. The standard InChI is InChI=1S/C21H21N5O/c1-15-14-26(8-9-27-15)20-7-6-16(11-24-20)12-25-21-17(10-22)13-23-19-5-3-2-4-18(19)21/h2-7,11,13,15H,8-9,12,14H2,1H3,(H,23,25). The number of hydrogen-bond acceptors (Lipinski definition) is 6. The van der Waals surface area contributed by atoms with Gasteiger partial charge >= 0.3 is 0 Å². The van der Waals surface area contributed by atoms with Crippen LogP contribution in [0.4, 0.5) is 11.5 Å². The number of aromatic nitrogens is 2. The molecule has 0 aliphatic carbocycles. The summed E-state index contributed by atoms with van der Waals surface area (Å²) in [6.07, 6.45) is 3.73. The summed E-state index contributed by atoms with van der Waals surface area (Å²) in [5.74, 6) is 0.973. The maximum Gasteiger partial charge on any atom is 0.128 e. The van der Waals surface area contributed by atoms with Gasteiger partial charge in [-0.2, -0.15) is 5.26 Å². The lowest BCUT2D eigenvalue weighted by Crippen LogP contribution is -2.41. The molecule has 27 heavy (non-hydrogen) atoms. The Morgan fingerprint density at radius 3 is 2.89 bits per heavy atom. The van der Waals surface area contributed by atoms with Crippen LogP contribution in [0.25, 0.3) is 10.9 Å². The van der Waals surface area contributed by atoms with Crippen LogP contribution in [0.15, 0.2) is 48.8 Å². The lowest BCUT2D eigenvalue weighted by Gasteiger charge is -2.32. The van der Waals surface area contributed by atoms with Crippen LogP contribution in [0.2, 0.25) is 0 Å². The third-order valence-corrected chi connectivity index (χ3v) is 4.74. The third-order valence-electron chi connectivity index (χ3n) is 4.74. The summed E-state index contributed by atoms with van der Waals surface area (Å²) >= 11 is 0. The second-order valence-corrected chi connectivity index (χ2v) is 6.68. The first-order chi connectivity index (χ1) is 13.2. The zero-order valence-corrected chi connectivity index (χ0v) is 15.2. The summed E-state index contributed by atoms with van der Waals surface area (Å²) in [6, 6.07) is 14.2. The number of fused-ring (bicyclic) bond motifs is 1. The molecule has 1 unspecified atom stereocenters. The van der Waals surface area contributed by atoms with Crippen molar-refractivity contribution >= 4 is 22.4 Å². The van der Waals surface area contributed by atoms with E-state index in [2.05, 4.69) is 39.2 Å². The Balaban J connectivity index is 1.51. The first kappa shape index (κ1) is 17.3. The number of nitrogens with zero attached hydrogens (tertiary/aromatic N) is 4. The summed E-state index contributed by atoms with van der Waals surface area (Å²) in [4.78, 5) is 11.2. The number of ether oxygens (including phenoxy) is 1. The summed E-state index contributed by atoms with van der Waals surface area (Å²) in [6.45, 7) is 5.13. The van der Waals surface area contributed by atoms with Crippen LogP contribution >= 0.6 is 0 Å². The molecule has 1 saturated heterocycles. The zero-order valence-electron chi connectivity index (χ0n) is 15.2. The highest BCUT2D eigenvalue weighted by molar-refractivity contribution is 5.93. The number of nitrogens with one attached hydrogen (secondary N) is 1. The van der Waals surface area contributed by atoms with Gasteiger partial charge in [0.15, 0.2) is 0 Å². The van der Waals surface area contributed by atoms with Gasteiger partial charge in [0.25, 0.3) is 0 Å². The molecule has 0 saturated carbocycles. The van der Waals surface area contributed by atoms with Crippen molar-refractivity contribution in [3.8, 4) is 6.07 Å². The van der Waals surface area contributed by atoms with Gasteiger partial charge in [-0.25, -0.2) is 4.98 Å². The van der Waals surface area contributed by atoms with E-state index in [0.29, 0.717) is 12.1 Å². The summed E-state index contributed by atoms with van der Waals surface area (Å²) in [5, 5.41) is 13.8. The maximum absolute atomic E-state index is 9.42. The van der Waals surface area contributed by atoms with Gasteiger partial charge in [-0.1, -0.05) is 24.3 Å². The molecule has 1 aromatic carbocycles. The largest absolute Gasteiger partial charge is 0.379 e. The smallest absolute Gasteiger partial charge is 0.128 e. The average molecular weight is 359 g/mol. The van der Waals surface area contributed by atoms with Crippen molar-refractivity contribution in [2.75, 3.05) is 29.9 Å². The van der Waals surface area contributed by atoms with Crippen molar-refractivity contribution in [3.63, 3.8) is 0 Å². The lowest BCUT2D eigenvalue weighted by atomic mass is 10.1. The van der Waals surface area contributed by atoms with Gasteiger partial charge in [-0.3, -0.25) is 4.98 Å². The van der Waals surface area contributed by atoms with Gasteiger partial charge < -0.3 is 15.0 Å². The van der Waals surface area contributed by atoms with Crippen LogP contribution in [0.3, 0.4) is 0 Å². The molecule has 1 atom stereocenters. The van der Waals surface area contributed by atoms with E-state index in [1.807, 2.05) is 36.5 Å². The van der Waals surface area contributed by atoms with Gasteiger partial charge in [0.05, 0.1) is 29.5 Å². The van der Waals surface area contributed by atoms with E-state index in [1.54, 1.807) is 6.20 Å². The fourth-order valence-electron chi connectivity index (χ4n) is 3.34. The number of rotatable bonds is 4. The van der Waals surface area contributed by atoms with Crippen LogP contribution < -0.4 is 10.2 Å². The van der Waals surface area contributed by atoms with Gasteiger partial charge in [-0.15, -0.1) is 0 Å². The molecule has 1 aliphatic heterocycles. The first-order valence-electron chi connectivity index (χ1n) is 9.08. The number of nitriles is 1. The van der Waals surface area contributed by atoms with Gasteiger partial charge in [-0.05, 0) is 24.6 Å². The normalized spacial score (nSPS) is 16.9. The van der Waals surface area contributed by atoms with E-state index >= 15 is 0 Å². The van der Waals surface area contributed by atoms with E-state index in [0.717, 1.165) is 47.7 Å². The van der Waals surface area contributed by atoms with Crippen LogP contribution in [0, 0.1) is 11.3 Å². The Kier molecular flexibility index (Phi) is 4.86. The number of para-hydroxylation sites is 1. The van der Waals surface area contributed by atoms with Gasteiger partial charge in [0, 0.05) is 37.4 Å². The summed E-state index contributed by atoms with van der Waals surface area (Å²) in [5.41, 5.74) is 3.29. The Hall–Kier alpha value is -3.17. The number of pyridine rings is 2. The molecule has 1 fully saturated rings. The number of anilines is 2. The zero-order chi connectivity index (χ0) is 18.6. The number of morpholine rings is 1. The van der Waals surface area contributed by atoms with Crippen molar-refractivity contribution in [3.05, 3.63) is 59.9 Å². The average Bonchev–Trinajstić information content (AvgIpc) is 2.72. The fourth-order valence-corrected chi connectivity index (χ4v) is 3.34. The minimum absolute atomic E-state index is 0.228. The molecule has 3 heterocycles. The lowest BCUT2D eigenvalue weighted by molar-refractivity contribution is 0.0529. The summed E-state index contributed by atoms with van der Waals surface area (Å²) < 4.78 is 5.59. The van der Waals surface area contributed by atoms with Crippen LogP contribution in [0.1, 0.15) is 18.1 Å². The molecule has 0 spiro atoms. The second-order valence-electron chi connectivity index (χ2n) is 6.68. The molecule has 1 aliphatic rings. The minimum atomic E-state index is 0.228. The van der Waals surface area contributed by atoms with E-state index < -0.39 is 0 Å². The highest BCUT2D eigenvalue weighted by Crippen LogP contribution is 2.26. The molecule has 0 bridgehead atoms. The van der Waals surface area contributed by atoms with Crippen LogP contribution in [-0.4, -0.2) is 35.8 Å². The molecule has 136 valence electrons. The molecule has 1 N–H and O–H groups in total. The summed E-state index contributed by atoms with van der Waals surface area (Å²) in [7, 11) is 0. The Morgan fingerprint density at radius 1 is 1.22 bits per heavy atom. The molecule has 6 heteroatoms. The quantitative estimate of drug-likeness (QED) is 0.770. The van der Waals surface area contributed by atoms with Crippen molar-refractivity contribution in [2.24, 2.45) is 0 Å². The predicted octanol–water partition coefficient (Wildman–Crippen LogP) is 3.34. The monoisotopic (exact) mass is 359 g/mol. The Morgan fingerprint density at radius 2 is 2.11 bits per heavy atom.